The second-order valence-corrected chi connectivity index (χ2v) is 1.66. The van der Waals surface area contributed by atoms with Gasteiger partial charge in [0.05, 0.1) is 18.1 Å². The van der Waals surface area contributed by atoms with E-state index in [1.807, 2.05) is 0 Å². The highest BCUT2D eigenvalue weighted by molar-refractivity contribution is 5.68. The van der Waals surface area contributed by atoms with Crippen LogP contribution in [0.15, 0.2) is 12.4 Å². The molecule has 0 aliphatic heterocycles. The number of hydrogen-bond donors (Lipinski definition) is 3. The fraction of sp³-hybridized carbons (Fsp3) is 0. The Morgan fingerprint density at radius 2 is 2.00 bits per heavy atom. The highest BCUT2D eigenvalue weighted by atomic mass is 16.3. The molecular weight excluding hydrogens is 118 g/mol. The molecule has 1 aromatic heterocycles. The summed E-state index contributed by atoms with van der Waals surface area (Å²) in [5, 5.41) is 8.83. The molecule has 9 heavy (non-hydrogen) atoms. The smallest absolute Gasteiger partial charge is 0.159 e. The van der Waals surface area contributed by atoms with E-state index in [1.54, 1.807) is 0 Å². The molecule has 0 unspecified atom stereocenters. The van der Waals surface area contributed by atoms with E-state index in [1.165, 1.54) is 12.4 Å². The van der Waals surface area contributed by atoms with Crippen molar-refractivity contribution in [1.29, 1.82) is 0 Å². The zero-order valence-corrected chi connectivity index (χ0v) is 4.70. The third-order valence-corrected chi connectivity index (χ3v) is 0.997. The highest BCUT2D eigenvalue weighted by Gasteiger charge is 1.97. The summed E-state index contributed by atoms with van der Waals surface area (Å²) in [5.41, 5.74) is 11.0. The number of nitrogen functional groups attached to an aromatic ring is 2. The van der Waals surface area contributed by atoms with Crippen LogP contribution in [0, 0.1) is 0 Å². The Morgan fingerprint density at radius 3 is 2.44 bits per heavy atom. The van der Waals surface area contributed by atoms with Crippen LogP contribution in [0.1, 0.15) is 0 Å². The Kier molecular flexibility index (Phi) is 1.14. The van der Waals surface area contributed by atoms with Crippen molar-refractivity contribution < 1.29 is 5.11 Å². The van der Waals surface area contributed by atoms with Crippen molar-refractivity contribution in [2.45, 2.75) is 0 Å². The Balaban J connectivity index is 3.25. The number of rotatable bonds is 0. The normalized spacial score (nSPS) is 9.33. The number of nitrogens with zero attached hydrogens (tertiary/aromatic N) is 1. The van der Waals surface area contributed by atoms with Gasteiger partial charge in [-0.3, -0.25) is 4.98 Å². The largest absolute Gasteiger partial charge is 0.504 e. The summed E-state index contributed by atoms with van der Waals surface area (Å²) in [6.45, 7) is 0. The van der Waals surface area contributed by atoms with E-state index in [-0.39, 0.29) is 11.4 Å². The van der Waals surface area contributed by atoms with E-state index < -0.39 is 0 Å². The number of nitrogens with two attached hydrogens (primary N) is 2. The second kappa shape index (κ2) is 1.81. The average Bonchev–Trinajstić information content (AvgIpc) is 1.83. The van der Waals surface area contributed by atoms with E-state index in [0.717, 1.165) is 0 Å². The van der Waals surface area contributed by atoms with Crippen molar-refractivity contribution in [3.63, 3.8) is 0 Å². The first-order chi connectivity index (χ1) is 4.22. The lowest BCUT2D eigenvalue weighted by Crippen LogP contribution is -1.94. The first-order valence-corrected chi connectivity index (χ1v) is 2.39. The fourth-order valence-corrected chi connectivity index (χ4v) is 0.475. The Bertz CT molecular complexity index is 203. The van der Waals surface area contributed by atoms with Gasteiger partial charge in [-0.05, 0) is 0 Å². The molecule has 5 N–H and O–H groups in total. The summed E-state index contributed by atoms with van der Waals surface area (Å²) in [7, 11) is 0. The highest BCUT2D eigenvalue weighted by Crippen LogP contribution is 2.22. The molecule has 0 aliphatic rings. The molecule has 1 rings (SSSR count). The third kappa shape index (κ3) is 0.861. The lowest BCUT2D eigenvalue weighted by molar-refractivity contribution is 0.476. The third-order valence-electron chi connectivity index (χ3n) is 0.997. The molecule has 0 bridgehead atoms. The van der Waals surface area contributed by atoms with Crippen molar-refractivity contribution in [2.24, 2.45) is 0 Å². The van der Waals surface area contributed by atoms with Gasteiger partial charge in [0.25, 0.3) is 0 Å². The van der Waals surface area contributed by atoms with Crippen molar-refractivity contribution >= 4 is 11.4 Å². The Labute approximate surface area is 52.1 Å². The van der Waals surface area contributed by atoms with Crippen LogP contribution in [0.25, 0.3) is 0 Å². The van der Waals surface area contributed by atoms with E-state index in [2.05, 4.69) is 4.98 Å². The van der Waals surface area contributed by atoms with Crippen LogP contribution < -0.4 is 11.5 Å². The van der Waals surface area contributed by atoms with Gasteiger partial charge in [-0.2, -0.15) is 0 Å². The number of pyridine rings is 1. The predicted molar refractivity (Wildman–Crippen MR) is 34.7 cm³/mol. The maximum atomic E-state index is 8.83. The zero-order chi connectivity index (χ0) is 6.85. The van der Waals surface area contributed by atoms with Crippen molar-refractivity contribution in [2.75, 3.05) is 11.5 Å². The van der Waals surface area contributed by atoms with Crippen LogP contribution in [-0.4, -0.2) is 10.1 Å². The number of hydrogen-bond acceptors (Lipinski definition) is 4. The quantitative estimate of drug-likeness (QED) is 0.454. The van der Waals surface area contributed by atoms with Gasteiger partial charge in [0.15, 0.2) is 5.75 Å². The molecule has 0 saturated heterocycles. The molecule has 0 amide bonds. The van der Waals surface area contributed by atoms with Crippen LogP contribution in [-0.2, 0) is 0 Å². The van der Waals surface area contributed by atoms with Gasteiger partial charge in [-0.25, -0.2) is 0 Å². The molecule has 1 heterocycles. The SMILES string of the molecule is Nc1cncc(O)c1N. The zero-order valence-electron chi connectivity index (χ0n) is 4.70. The Hall–Kier alpha value is -1.45. The van der Waals surface area contributed by atoms with E-state index >= 15 is 0 Å². The van der Waals surface area contributed by atoms with Gasteiger partial charge in [-0.15, -0.1) is 0 Å². The van der Waals surface area contributed by atoms with Crippen molar-refractivity contribution in [3.05, 3.63) is 12.4 Å². The summed E-state index contributed by atoms with van der Waals surface area (Å²) < 4.78 is 0. The standard InChI is InChI=1S/C5H7N3O/c6-3-1-8-2-4(9)5(3)7/h1-2,9H,6H2,(H2,7,8). The lowest BCUT2D eigenvalue weighted by Gasteiger charge is -1.98. The lowest BCUT2D eigenvalue weighted by atomic mass is 10.3. The molecule has 0 atom stereocenters. The van der Waals surface area contributed by atoms with Crippen molar-refractivity contribution in [3.8, 4) is 5.75 Å². The average molecular weight is 125 g/mol. The summed E-state index contributed by atoms with van der Waals surface area (Å²) in [5.74, 6) is -0.0741. The molecule has 0 aromatic carbocycles. The molecule has 0 spiro atoms. The minimum atomic E-state index is -0.0741. The van der Waals surface area contributed by atoms with Gasteiger partial charge in [-0.1, -0.05) is 0 Å². The maximum Gasteiger partial charge on any atom is 0.159 e. The topological polar surface area (TPSA) is 85.2 Å². The van der Waals surface area contributed by atoms with Crippen LogP contribution >= 0.6 is 0 Å². The van der Waals surface area contributed by atoms with Gasteiger partial charge < -0.3 is 16.6 Å². The van der Waals surface area contributed by atoms with E-state index in [4.69, 9.17) is 16.6 Å². The minimum absolute atomic E-state index is 0.0741. The summed E-state index contributed by atoms with van der Waals surface area (Å²) >= 11 is 0. The predicted octanol–water partition coefficient (Wildman–Crippen LogP) is -0.0484. The first-order valence-electron chi connectivity index (χ1n) is 2.39. The minimum Gasteiger partial charge on any atom is -0.504 e. The fourth-order valence-electron chi connectivity index (χ4n) is 0.475. The van der Waals surface area contributed by atoms with Crippen LogP contribution in [0.3, 0.4) is 0 Å². The summed E-state index contributed by atoms with van der Waals surface area (Å²) in [6.07, 6.45) is 2.63. The molecular formula is C5H7N3O. The Morgan fingerprint density at radius 1 is 1.33 bits per heavy atom. The monoisotopic (exact) mass is 125 g/mol. The van der Waals surface area contributed by atoms with Gasteiger partial charge in [0, 0.05) is 0 Å². The summed E-state index contributed by atoms with van der Waals surface area (Å²) in [6, 6.07) is 0. The molecule has 0 radical (unpaired) electrons. The molecule has 1 aromatic rings. The van der Waals surface area contributed by atoms with Crippen LogP contribution in [0.4, 0.5) is 11.4 Å². The second-order valence-electron chi connectivity index (χ2n) is 1.66. The summed E-state index contributed by atoms with van der Waals surface area (Å²) in [4.78, 5) is 3.59. The maximum absolute atomic E-state index is 8.83. The molecule has 0 fully saturated rings. The van der Waals surface area contributed by atoms with Gasteiger partial charge >= 0.3 is 0 Å². The van der Waals surface area contributed by atoms with Crippen molar-refractivity contribution in [1.82, 2.24) is 4.98 Å². The molecule has 0 aliphatic carbocycles. The van der Waals surface area contributed by atoms with Crippen LogP contribution in [0.5, 0.6) is 5.75 Å². The van der Waals surface area contributed by atoms with Gasteiger partial charge in [0.1, 0.15) is 5.69 Å². The van der Waals surface area contributed by atoms with E-state index in [9.17, 15) is 0 Å². The number of anilines is 2. The first kappa shape index (κ1) is 5.68. The van der Waals surface area contributed by atoms with Gasteiger partial charge in [0.2, 0.25) is 0 Å². The van der Waals surface area contributed by atoms with Crippen LogP contribution in [0.2, 0.25) is 0 Å². The molecule has 48 valence electrons. The molecule has 4 heteroatoms. The number of aromatic hydroxyl groups is 1. The van der Waals surface area contributed by atoms with E-state index in [0.29, 0.717) is 5.69 Å². The molecule has 0 saturated carbocycles. The number of aromatic nitrogens is 1. The molecule has 4 nitrogen and oxygen atoms in total.